The molecule has 0 fully saturated rings. The summed E-state index contributed by atoms with van der Waals surface area (Å²) >= 11 is 0. The van der Waals surface area contributed by atoms with E-state index >= 15 is 0 Å². The molecule has 2 N–H and O–H groups in total. The van der Waals surface area contributed by atoms with Crippen molar-refractivity contribution in [3.63, 3.8) is 0 Å². The van der Waals surface area contributed by atoms with Crippen molar-refractivity contribution in [3.05, 3.63) is 36.0 Å². The van der Waals surface area contributed by atoms with Crippen molar-refractivity contribution >= 4 is 16.6 Å². The number of aryl methyl sites for hydroxylation is 1. The number of benzene rings is 1. The fourth-order valence-corrected chi connectivity index (χ4v) is 2.71. The lowest BCUT2D eigenvalue weighted by Crippen LogP contribution is -2.16. The summed E-state index contributed by atoms with van der Waals surface area (Å²) < 4.78 is 0. The van der Waals surface area contributed by atoms with E-state index < -0.39 is 0 Å². The number of pyridine rings is 1. The quantitative estimate of drug-likeness (QED) is 0.808. The molecule has 0 saturated heterocycles. The molecule has 1 aromatic carbocycles. The normalized spacial score (nSPS) is 14.1. The van der Waals surface area contributed by atoms with E-state index in [2.05, 4.69) is 37.4 Å². The van der Waals surface area contributed by atoms with Gasteiger partial charge in [0, 0.05) is 23.3 Å². The number of nitrogens with zero attached hydrogens (tertiary/aromatic N) is 1. The fraction of sp³-hybridized carbons (Fsp3) is 0.500. The van der Waals surface area contributed by atoms with Gasteiger partial charge in [-0.3, -0.25) is 4.98 Å². The van der Waals surface area contributed by atoms with Gasteiger partial charge in [0.2, 0.25) is 0 Å². The Balaban J connectivity index is 2.20. The van der Waals surface area contributed by atoms with Crippen molar-refractivity contribution in [1.29, 1.82) is 0 Å². The molecule has 0 amide bonds. The first-order chi connectivity index (χ1) is 10.1. The summed E-state index contributed by atoms with van der Waals surface area (Å²) in [6.45, 7) is 7.05. The molecule has 3 nitrogen and oxygen atoms in total. The predicted octanol–water partition coefficient (Wildman–Crippen LogP) is 4.01. The van der Waals surface area contributed by atoms with Gasteiger partial charge in [-0.2, -0.15) is 0 Å². The van der Waals surface area contributed by atoms with Crippen LogP contribution in [0.15, 0.2) is 30.3 Å². The fourth-order valence-electron chi connectivity index (χ4n) is 2.71. The van der Waals surface area contributed by atoms with Crippen molar-refractivity contribution in [2.75, 3.05) is 11.9 Å². The largest absolute Gasteiger partial charge is 0.393 e. The Morgan fingerprint density at radius 1 is 1.24 bits per heavy atom. The van der Waals surface area contributed by atoms with Crippen molar-refractivity contribution < 1.29 is 5.11 Å². The van der Waals surface area contributed by atoms with E-state index in [0.717, 1.165) is 42.7 Å². The molecule has 1 aromatic heterocycles. The third-order valence-electron chi connectivity index (χ3n) is 3.66. The van der Waals surface area contributed by atoms with Crippen molar-refractivity contribution in [1.82, 2.24) is 4.98 Å². The summed E-state index contributed by atoms with van der Waals surface area (Å²) in [5.74, 6) is 0.437. The Labute approximate surface area is 127 Å². The highest BCUT2D eigenvalue weighted by atomic mass is 16.3. The van der Waals surface area contributed by atoms with E-state index in [1.54, 1.807) is 0 Å². The Bertz CT molecular complexity index is 580. The number of fused-ring (bicyclic) bond motifs is 1. The number of para-hydroxylation sites is 1. The van der Waals surface area contributed by atoms with Crippen LogP contribution in [0.5, 0.6) is 0 Å². The number of hydrogen-bond acceptors (Lipinski definition) is 3. The van der Waals surface area contributed by atoms with Crippen LogP contribution in [0.1, 0.15) is 39.3 Å². The second-order valence-electron chi connectivity index (χ2n) is 6.00. The Kier molecular flexibility index (Phi) is 5.57. The number of rotatable bonds is 7. The topological polar surface area (TPSA) is 45.1 Å². The Morgan fingerprint density at radius 3 is 2.71 bits per heavy atom. The number of aliphatic hydroxyl groups is 1. The van der Waals surface area contributed by atoms with Crippen molar-refractivity contribution in [2.24, 2.45) is 5.92 Å². The standard InChI is InChI=1S/C18H26N2O/c1-4-7-15-11-18(19-12-13(2)10-14(3)21)16-8-5-6-9-17(16)20-15/h5-6,8-9,11,13-14,21H,4,7,10,12H2,1-3H3,(H,19,20). The molecule has 114 valence electrons. The van der Waals surface area contributed by atoms with Crippen LogP contribution in [0, 0.1) is 5.92 Å². The van der Waals surface area contributed by atoms with Gasteiger partial charge in [-0.05, 0) is 37.8 Å². The van der Waals surface area contributed by atoms with E-state index in [-0.39, 0.29) is 6.10 Å². The summed E-state index contributed by atoms with van der Waals surface area (Å²) in [7, 11) is 0. The maximum atomic E-state index is 9.47. The molecule has 2 unspecified atom stereocenters. The van der Waals surface area contributed by atoms with Gasteiger partial charge < -0.3 is 10.4 Å². The van der Waals surface area contributed by atoms with Crippen LogP contribution in [-0.2, 0) is 6.42 Å². The summed E-state index contributed by atoms with van der Waals surface area (Å²) in [4.78, 5) is 4.72. The monoisotopic (exact) mass is 286 g/mol. The number of nitrogens with one attached hydrogen (secondary N) is 1. The maximum Gasteiger partial charge on any atom is 0.0726 e. The molecule has 0 aliphatic rings. The molecule has 0 saturated carbocycles. The molecule has 0 spiro atoms. The van der Waals surface area contributed by atoms with Crippen LogP contribution in [0.4, 0.5) is 5.69 Å². The highest BCUT2D eigenvalue weighted by molar-refractivity contribution is 5.91. The van der Waals surface area contributed by atoms with Crippen LogP contribution >= 0.6 is 0 Å². The minimum Gasteiger partial charge on any atom is -0.393 e. The summed E-state index contributed by atoms with van der Waals surface area (Å²) in [6.07, 6.45) is 2.68. The highest BCUT2D eigenvalue weighted by Gasteiger charge is 2.09. The minimum atomic E-state index is -0.244. The SMILES string of the molecule is CCCc1cc(NCC(C)CC(C)O)c2ccccc2n1. The van der Waals surface area contributed by atoms with Crippen LogP contribution in [0.3, 0.4) is 0 Å². The van der Waals surface area contributed by atoms with Gasteiger partial charge in [0.15, 0.2) is 0 Å². The lowest BCUT2D eigenvalue weighted by molar-refractivity contribution is 0.166. The van der Waals surface area contributed by atoms with E-state index in [9.17, 15) is 5.11 Å². The zero-order valence-corrected chi connectivity index (χ0v) is 13.3. The molecule has 21 heavy (non-hydrogen) atoms. The third kappa shape index (κ3) is 4.43. The molecule has 0 bridgehead atoms. The van der Waals surface area contributed by atoms with E-state index in [0.29, 0.717) is 5.92 Å². The second kappa shape index (κ2) is 7.41. The van der Waals surface area contributed by atoms with Crippen molar-refractivity contribution in [3.8, 4) is 0 Å². The zero-order chi connectivity index (χ0) is 15.2. The highest BCUT2D eigenvalue weighted by Crippen LogP contribution is 2.24. The van der Waals surface area contributed by atoms with E-state index in [1.165, 1.54) is 5.39 Å². The first-order valence-electron chi connectivity index (χ1n) is 7.90. The average molecular weight is 286 g/mol. The van der Waals surface area contributed by atoms with E-state index in [4.69, 9.17) is 4.98 Å². The molecular weight excluding hydrogens is 260 g/mol. The van der Waals surface area contributed by atoms with Gasteiger partial charge in [0.1, 0.15) is 0 Å². The van der Waals surface area contributed by atoms with Gasteiger partial charge in [0.05, 0.1) is 11.6 Å². The molecular formula is C18H26N2O. The smallest absolute Gasteiger partial charge is 0.0726 e. The molecule has 2 aromatic rings. The lowest BCUT2D eigenvalue weighted by atomic mass is 10.0. The number of aliphatic hydroxyl groups excluding tert-OH is 1. The molecule has 0 radical (unpaired) electrons. The predicted molar refractivity (Wildman–Crippen MR) is 89.7 cm³/mol. The number of anilines is 1. The van der Waals surface area contributed by atoms with E-state index in [1.807, 2.05) is 19.1 Å². The van der Waals surface area contributed by atoms with Crippen LogP contribution in [0.2, 0.25) is 0 Å². The average Bonchev–Trinajstić information content (AvgIpc) is 2.44. The van der Waals surface area contributed by atoms with Gasteiger partial charge in [-0.15, -0.1) is 0 Å². The molecule has 0 aliphatic carbocycles. The van der Waals surface area contributed by atoms with Gasteiger partial charge in [-0.1, -0.05) is 38.5 Å². The van der Waals surface area contributed by atoms with Crippen molar-refractivity contribution in [2.45, 2.75) is 46.1 Å². The zero-order valence-electron chi connectivity index (χ0n) is 13.3. The van der Waals surface area contributed by atoms with Gasteiger partial charge >= 0.3 is 0 Å². The van der Waals surface area contributed by atoms with Gasteiger partial charge in [-0.25, -0.2) is 0 Å². The first-order valence-corrected chi connectivity index (χ1v) is 7.90. The lowest BCUT2D eigenvalue weighted by Gasteiger charge is -2.17. The third-order valence-corrected chi connectivity index (χ3v) is 3.66. The summed E-state index contributed by atoms with van der Waals surface area (Å²) in [6, 6.07) is 10.4. The summed E-state index contributed by atoms with van der Waals surface area (Å²) in [5, 5.41) is 14.2. The summed E-state index contributed by atoms with van der Waals surface area (Å²) in [5.41, 5.74) is 3.34. The van der Waals surface area contributed by atoms with Crippen LogP contribution < -0.4 is 5.32 Å². The second-order valence-corrected chi connectivity index (χ2v) is 6.00. The van der Waals surface area contributed by atoms with Gasteiger partial charge in [0.25, 0.3) is 0 Å². The first kappa shape index (κ1) is 15.8. The minimum absolute atomic E-state index is 0.244. The van der Waals surface area contributed by atoms with Crippen LogP contribution in [0.25, 0.3) is 10.9 Å². The number of hydrogen-bond donors (Lipinski definition) is 2. The molecule has 3 heteroatoms. The molecule has 1 heterocycles. The Morgan fingerprint density at radius 2 is 2.00 bits per heavy atom. The molecule has 2 atom stereocenters. The number of aromatic nitrogens is 1. The Hall–Kier alpha value is -1.61. The molecule has 2 rings (SSSR count). The van der Waals surface area contributed by atoms with Crippen LogP contribution in [-0.4, -0.2) is 22.7 Å². The maximum absolute atomic E-state index is 9.47. The molecule has 0 aliphatic heterocycles.